The van der Waals surface area contributed by atoms with Gasteiger partial charge in [0.15, 0.2) is 0 Å². The molecule has 0 aromatic carbocycles. The highest BCUT2D eigenvalue weighted by atomic mass is 16.6. The van der Waals surface area contributed by atoms with Gasteiger partial charge in [-0.05, 0) is 24.1 Å². The van der Waals surface area contributed by atoms with E-state index in [0.717, 1.165) is 38.6 Å². The Morgan fingerprint density at radius 2 is 2.10 bits per heavy atom. The Balaban J connectivity index is 0.000000160. The van der Waals surface area contributed by atoms with Gasteiger partial charge in [-0.15, -0.1) is 0 Å². The Bertz CT molecular complexity index is 477. The van der Waals surface area contributed by atoms with Crippen LogP contribution in [0, 0.1) is 10.4 Å². The van der Waals surface area contributed by atoms with Gasteiger partial charge in [-0.2, -0.15) is 0 Å². The second kappa shape index (κ2) is 8.28. The van der Waals surface area contributed by atoms with Crippen LogP contribution in [0.1, 0.15) is 39.5 Å². The molecule has 1 fully saturated rings. The molecular formula is C17H26O3. The molecule has 3 nitrogen and oxygen atoms in total. The second-order valence-electron chi connectivity index (χ2n) is 5.24. The summed E-state index contributed by atoms with van der Waals surface area (Å²) in [4.78, 5) is 0. The number of rotatable bonds is 6. The highest BCUT2D eigenvalue weighted by Gasteiger charge is 2.10. The van der Waals surface area contributed by atoms with Crippen molar-refractivity contribution in [2.24, 2.45) is 0 Å². The summed E-state index contributed by atoms with van der Waals surface area (Å²) in [6.07, 6.45) is 5.15. The minimum Gasteiger partial charge on any atom is -0.493 e. The molecule has 1 aliphatic heterocycles. The van der Waals surface area contributed by atoms with Crippen LogP contribution < -0.4 is 4.74 Å². The van der Waals surface area contributed by atoms with E-state index in [1.165, 1.54) is 29.7 Å². The highest BCUT2D eigenvalue weighted by molar-refractivity contribution is 5.38. The first-order chi connectivity index (χ1) is 9.85. The fourth-order valence-electron chi connectivity index (χ4n) is 2.18. The summed E-state index contributed by atoms with van der Waals surface area (Å²) in [5, 5.41) is 2.69. The Morgan fingerprint density at radius 3 is 2.55 bits per heavy atom. The molecule has 0 aromatic heterocycles. The third kappa shape index (κ3) is 4.22. The van der Waals surface area contributed by atoms with E-state index in [9.17, 15) is 0 Å². The lowest BCUT2D eigenvalue weighted by Crippen LogP contribution is -2.27. The van der Waals surface area contributed by atoms with Crippen LogP contribution in [0.2, 0.25) is 0 Å². The maximum atomic E-state index is 5.57. The quantitative estimate of drug-likeness (QED) is 0.755. The normalized spacial score (nSPS) is 19.0. The lowest BCUT2D eigenvalue weighted by atomic mass is 10.1. The van der Waals surface area contributed by atoms with Crippen molar-refractivity contribution in [2.45, 2.75) is 45.6 Å². The van der Waals surface area contributed by atoms with Crippen LogP contribution >= 0.6 is 0 Å². The summed E-state index contributed by atoms with van der Waals surface area (Å²) >= 11 is 0. The third-order valence-electron chi connectivity index (χ3n) is 3.64. The first kappa shape index (κ1) is 15.3. The van der Waals surface area contributed by atoms with Crippen LogP contribution in [0.4, 0.5) is 0 Å². The van der Waals surface area contributed by atoms with Gasteiger partial charge in [0, 0.05) is 5.22 Å². The number of unbranched alkanes of at least 4 members (excludes halogenated alkanes) is 2. The Kier molecular flexibility index (Phi) is 6.34. The smallest absolute Gasteiger partial charge is 0.127 e. The van der Waals surface area contributed by atoms with Gasteiger partial charge in [-0.1, -0.05) is 38.8 Å². The van der Waals surface area contributed by atoms with Gasteiger partial charge in [0.25, 0.3) is 0 Å². The topological polar surface area (TPSA) is 27.7 Å². The van der Waals surface area contributed by atoms with Gasteiger partial charge in [0.05, 0.1) is 32.5 Å². The summed E-state index contributed by atoms with van der Waals surface area (Å²) in [7, 11) is 0. The van der Waals surface area contributed by atoms with Crippen molar-refractivity contribution in [1.29, 1.82) is 0 Å². The summed E-state index contributed by atoms with van der Waals surface area (Å²) in [6.45, 7) is 7.53. The van der Waals surface area contributed by atoms with Crippen molar-refractivity contribution in [3.05, 3.63) is 28.6 Å². The largest absolute Gasteiger partial charge is 0.493 e. The van der Waals surface area contributed by atoms with Crippen molar-refractivity contribution in [3.63, 3.8) is 0 Å². The molecule has 0 N–H and O–H groups in total. The van der Waals surface area contributed by atoms with Crippen molar-refractivity contribution in [2.75, 3.05) is 26.4 Å². The van der Waals surface area contributed by atoms with Gasteiger partial charge < -0.3 is 14.2 Å². The molecule has 0 saturated carbocycles. The maximum Gasteiger partial charge on any atom is 0.127 e. The van der Waals surface area contributed by atoms with Gasteiger partial charge in [-0.25, -0.2) is 0 Å². The van der Waals surface area contributed by atoms with Crippen LogP contribution in [-0.4, -0.2) is 32.5 Å². The summed E-state index contributed by atoms with van der Waals surface area (Å²) in [6, 6.07) is 6.35. The van der Waals surface area contributed by atoms with Crippen LogP contribution in [-0.2, 0) is 9.47 Å². The molecule has 20 heavy (non-hydrogen) atoms. The Labute approximate surface area is 121 Å². The number of hydrogen-bond donors (Lipinski definition) is 0. The van der Waals surface area contributed by atoms with E-state index in [-0.39, 0.29) is 0 Å². The average Bonchev–Trinajstić information content (AvgIpc) is 2.49. The zero-order valence-corrected chi connectivity index (χ0v) is 12.7. The summed E-state index contributed by atoms with van der Waals surface area (Å²) in [5.74, 6) is 1.10. The molecule has 0 aromatic rings. The molecule has 1 heterocycles. The zero-order chi connectivity index (χ0) is 14.2. The molecule has 0 bridgehead atoms. The predicted octanol–water partition coefficient (Wildman–Crippen LogP) is 3.67. The lowest BCUT2D eigenvalue weighted by Gasteiger charge is -2.20. The van der Waals surface area contributed by atoms with Crippen LogP contribution in [0.5, 0.6) is 5.75 Å². The Hall–Kier alpha value is -1.06. The molecule has 112 valence electrons. The van der Waals surface area contributed by atoms with Crippen molar-refractivity contribution >= 4 is 0 Å². The molecule has 0 spiro atoms. The Morgan fingerprint density at radius 1 is 1.20 bits per heavy atom. The maximum absolute atomic E-state index is 5.57. The molecule has 3 aliphatic rings. The van der Waals surface area contributed by atoms with Gasteiger partial charge in [0.1, 0.15) is 5.75 Å². The second-order valence-corrected chi connectivity index (χ2v) is 5.24. The molecule has 0 radical (unpaired) electrons. The highest BCUT2D eigenvalue weighted by Crippen LogP contribution is 2.23. The number of ether oxygens (including phenoxy) is 3. The number of hydrogen-bond acceptors (Lipinski definition) is 3. The SMILES string of the molecule is CCC1COCCO1.CCCCCOc1cc2ccc1=2. The fraction of sp³-hybridized carbons (Fsp3) is 0.647. The van der Waals surface area contributed by atoms with Crippen LogP contribution in [0.15, 0.2) is 18.2 Å². The molecule has 2 aliphatic carbocycles. The molecule has 1 unspecified atom stereocenters. The molecular weight excluding hydrogens is 252 g/mol. The standard InChI is InChI=1S/C11H14O.C6H12O2/c1-2-3-4-7-12-11-8-9-5-6-10(9)11;1-2-6-5-7-3-4-8-6/h5-6,8H,2-4,7H2,1H3;6H,2-5H2,1H3. The monoisotopic (exact) mass is 278 g/mol. The van der Waals surface area contributed by atoms with E-state index in [1.54, 1.807) is 0 Å². The van der Waals surface area contributed by atoms with Crippen LogP contribution in [0.3, 0.4) is 0 Å². The third-order valence-corrected chi connectivity index (χ3v) is 3.64. The van der Waals surface area contributed by atoms with Crippen molar-refractivity contribution in [3.8, 4) is 5.75 Å². The first-order valence-electron chi connectivity index (χ1n) is 7.81. The van der Waals surface area contributed by atoms with Gasteiger partial charge in [-0.3, -0.25) is 0 Å². The van der Waals surface area contributed by atoms with Crippen LogP contribution in [0.25, 0.3) is 0 Å². The predicted molar refractivity (Wildman–Crippen MR) is 80.0 cm³/mol. The lowest BCUT2D eigenvalue weighted by molar-refractivity contribution is -0.0887. The van der Waals surface area contributed by atoms with E-state index in [1.807, 2.05) is 0 Å². The fourth-order valence-corrected chi connectivity index (χ4v) is 2.18. The molecule has 1 saturated heterocycles. The van der Waals surface area contributed by atoms with Gasteiger partial charge in [0.2, 0.25) is 0 Å². The first-order valence-corrected chi connectivity index (χ1v) is 7.81. The minimum absolute atomic E-state index is 0.365. The van der Waals surface area contributed by atoms with E-state index >= 15 is 0 Å². The van der Waals surface area contributed by atoms with Gasteiger partial charge >= 0.3 is 0 Å². The summed E-state index contributed by atoms with van der Waals surface area (Å²) in [5.41, 5.74) is 0. The molecule has 1 atom stereocenters. The van der Waals surface area contributed by atoms with Crippen molar-refractivity contribution < 1.29 is 14.2 Å². The van der Waals surface area contributed by atoms with E-state index in [2.05, 4.69) is 32.0 Å². The molecule has 3 heteroatoms. The molecule has 0 amide bonds. The molecule has 3 rings (SSSR count). The van der Waals surface area contributed by atoms with E-state index in [4.69, 9.17) is 14.2 Å². The summed E-state index contributed by atoms with van der Waals surface area (Å²) < 4.78 is 16.0. The average molecular weight is 278 g/mol. The zero-order valence-electron chi connectivity index (χ0n) is 12.7. The van der Waals surface area contributed by atoms with E-state index < -0.39 is 0 Å². The number of benzene rings is 1. The van der Waals surface area contributed by atoms with Crippen molar-refractivity contribution in [1.82, 2.24) is 0 Å². The minimum atomic E-state index is 0.365. The van der Waals surface area contributed by atoms with E-state index in [0.29, 0.717) is 6.10 Å².